The third kappa shape index (κ3) is 32.9. The number of ether oxygens (including phenoxy) is 2. The molecule has 0 aliphatic carbocycles. The van der Waals surface area contributed by atoms with Crippen molar-refractivity contribution in [2.45, 2.75) is 110 Å². The van der Waals surface area contributed by atoms with Crippen molar-refractivity contribution >= 4 is 19.8 Å². The number of carbonyl (C=O) groups is 2. The van der Waals surface area contributed by atoms with Crippen LogP contribution in [0.25, 0.3) is 0 Å². The Morgan fingerprint density at radius 1 is 0.681 bits per heavy atom. The average molecular weight is 678 g/mol. The van der Waals surface area contributed by atoms with Crippen molar-refractivity contribution in [3.8, 4) is 0 Å². The highest BCUT2D eigenvalue weighted by molar-refractivity contribution is 7.47. The van der Waals surface area contributed by atoms with Crippen LogP contribution in [-0.2, 0) is 32.7 Å². The van der Waals surface area contributed by atoms with Crippen molar-refractivity contribution in [3.05, 3.63) is 85.1 Å². The molecule has 0 aliphatic rings. The van der Waals surface area contributed by atoms with E-state index < -0.39 is 32.5 Å². The van der Waals surface area contributed by atoms with Crippen molar-refractivity contribution < 1.29 is 37.6 Å². The third-order valence-corrected chi connectivity index (χ3v) is 7.39. The van der Waals surface area contributed by atoms with Crippen molar-refractivity contribution in [1.29, 1.82) is 0 Å². The molecule has 0 spiro atoms. The van der Waals surface area contributed by atoms with E-state index in [2.05, 4.69) is 32.1 Å². The summed E-state index contributed by atoms with van der Waals surface area (Å²) in [5.74, 6) is -1.01. The Morgan fingerprint density at radius 2 is 1.30 bits per heavy atom. The molecule has 3 N–H and O–H groups in total. The molecule has 0 aromatic heterocycles. The smallest absolute Gasteiger partial charge is 0.462 e. The van der Waals surface area contributed by atoms with Gasteiger partial charge in [0.15, 0.2) is 6.10 Å². The van der Waals surface area contributed by atoms with Crippen molar-refractivity contribution in [2.24, 2.45) is 5.73 Å². The van der Waals surface area contributed by atoms with Crippen LogP contribution in [0.15, 0.2) is 85.1 Å². The second-order valence-electron chi connectivity index (χ2n) is 10.8. The first-order valence-corrected chi connectivity index (χ1v) is 18.6. The number of allylic oxidation sites excluding steroid dienone is 14. The van der Waals surface area contributed by atoms with E-state index in [-0.39, 0.29) is 32.6 Å². The summed E-state index contributed by atoms with van der Waals surface area (Å²) in [6.07, 6.45) is 39.3. The van der Waals surface area contributed by atoms with Gasteiger partial charge < -0.3 is 20.1 Å². The second kappa shape index (κ2) is 33.1. The Kier molecular flexibility index (Phi) is 31.1. The van der Waals surface area contributed by atoms with Crippen LogP contribution in [0.4, 0.5) is 0 Å². The minimum absolute atomic E-state index is 0.0308. The van der Waals surface area contributed by atoms with Crippen LogP contribution < -0.4 is 5.73 Å². The first kappa shape index (κ1) is 44.2. The summed E-state index contributed by atoms with van der Waals surface area (Å²) in [6, 6.07) is 0. The Bertz CT molecular complexity index is 1040. The lowest BCUT2D eigenvalue weighted by atomic mass is 10.1. The molecule has 47 heavy (non-hydrogen) atoms. The molecule has 0 heterocycles. The van der Waals surface area contributed by atoms with Crippen LogP contribution in [0.2, 0.25) is 0 Å². The molecule has 0 saturated heterocycles. The van der Waals surface area contributed by atoms with Gasteiger partial charge in [-0.2, -0.15) is 0 Å². The summed E-state index contributed by atoms with van der Waals surface area (Å²) >= 11 is 0. The van der Waals surface area contributed by atoms with Gasteiger partial charge in [0.2, 0.25) is 0 Å². The standard InChI is InChI=1S/C37H60NO8P/c1-3-5-7-9-11-13-15-17-19-21-23-25-27-29-36(39)43-33-35(34-45-47(41,42)44-32-31-38)46-37(40)30-28-26-24-22-20-18-16-14-12-10-8-6-4-2/h6,8,10,12,14,16-20,22-25,35H,3-5,7,9,11,13,15,21,26-34,38H2,1-2H3,(H,41,42)/b8-6+,12-10+,16-14+,19-17+,20-18+,24-22+,25-23+. The molecule has 10 heteroatoms. The predicted octanol–water partition coefficient (Wildman–Crippen LogP) is 8.93. The highest BCUT2D eigenvalue weighted by atomic mass is 31.2. The summed E-state index contributed by atoms with van der Waals surface area (Å²) in [6.45, 7) is 3.37. The van der Waals surface area contributed by atoms with Crippen molar-refractivity contribution in [3.63, 3.8) is 0 Å². The number of nitrogens with two attached hydrogens (primary N) is 1. The molecule has 0 rings (SSSR count). The normalized spacial score (nSPS) is 14.6. The van der Waals surface area contributed by atoms with E-state index in [0.29, 0.717) is 19.3 Å². The number of carbonyl (C=O) groups excluding carboxylic acids is 2. The molecule has 0 radical (unpaired) electrons. The van der Waals surface area contributed by atoms with Crippen molar-refractivity contribution in [1.82, 2.24) is 0 Å². The summed E-state index contributed by atoms with van der Waals surface area (Å²) in [5.41, 5.74) is 5.31. The molecule has 0 fully saturated rings. The average Bonchev–Trinajstić information content (AvgIpc) is 3.05. The quantitative estimate of drug-likeness (QED) is 0.0251. The van der Waals surface area contributed by atoms with E-state index in [4.69, 9.17) is 24.3 Å². The van der Waals surface area contributed by atoms with E-state index in [9.17, 15) is 19.0 Å². The fourth-order valence-corrected chi connectivity index (χ4v) is 4.66. The van der Waals surface area contributed by atoms with Gasteiger partial charge in [-0.05, 0) is 44.9 Å². The SMILES string of the molecule is CC/C=C/C=C/C=C/C=C/C=C/CCCC(=O)OC(COC(=O)CC/C=C/C/C=C/CCCCCCCC)COP(=O)(O)OCCN. The molecule has 0 aromatic rings. The molecule has 9 nitrogen and oxygen atoms in total. The van der Waals surface area contributed by atoms with E-state index in [1.54, 1.807) is 0 Å². The topological polar surface area (TPSA) is 134 Å². The van der Waals surface area contributed by atoms with E-state index in [1.165, 1.54) is 38.5 Å². The highest BCUT2D eigenvalue weighted by Gasteiger charge is 2.25. The lowest BCUT2D eigenvalue weighted by Crippen LogP contribution is -2.29. The maximum Gasteiger partial charge on any atom is 0.472 e. The number of phosphoric acid groups is 1. The summed E-state index contributed by atoms with van der Waals surface area (Å²) in [7, 11) is -4.40. The molecule has 0 aliphatic heterocycles. The molecule has 266 valence electrons. The van der Waals surface area contributed by atoms with Crippen LogP contribution in [0.3, 0.4) is 0 Å². The molecular formula is C37H60NO8P. The Labute approximate surface area is 284 Å². The van der Waals surface area contributed by atoms with E-state index in [0.717, 1.165) is 19.3 Å². The monoisotopic (exact) mass is 677 g/mol. The van der Waals surface area contributed by atoms with E-state index in [1.807, 2.05) is 66.8 Å². The van der Waals surface area contributed by atoms with Gasteiger partial charge in [0.05, 0.1) is 13.2 Å². The zero-order valence-corrected chi connectivity index (χ0v) is 29.6. The van der Waals surface area contributed by atoms with E-state index >= 15 is 0 Å². The minimum Gasteiger partial charge on any atom is -0.462 e. The highest BCUT2D eigenvalue weighted by Crippen LogP contribution is 2.43. The van der Waals surface area contributed by atoms with Gasteiger partial charge in [0.1, 0.15) is 6.61 Å². The van der Waals surface area contributed by atoms with Crippen molar-refractivity contribution in [2.75, 3.05) is 26.4 Å². The van der Waals surface area contributed by atoms with Gasteiger partial charge in [-0.15, -0.1) is 0 Å². The van der Waals surface area contributed by atoms with Crippen LogP contribution >= 0.6 is 7.82 Å². The summed E-state index contributed by atoms with van der Waals surface area (Å²) in [5, 5.41) is 0. The lowest BCUT2D eigenvalue weighted by Gasteiger charge is -2.19. The maximum absolute atomic E-state index is 12.4. The number of phosphoric ester groups is 1. The molecule has 2 unspecified atom stereocenters. The van der Waals surface area contributed by atoms with Gasteiger partial charge in [-0.1, -0.05) is 131 Å². The predicted molar refractivity (Wildman–Crippen MR) is 192 cm³/mol. The number of hydrogen-bond donors (Lipinski definition) is 2. The fraction of sp³-hybridized carbons (Fsp3) is 0.568. The summed E-state index contributed by atoms with van der Waals surface area (Å²) in [4.78, 5) is 34.5. The number of esters is 2. The molecule has 0 aromatic carbocycles. The molecule has 0 saturated carbocycles. The maximum atomic E-state index is 12.4. The number of hydrogen-bond acceptors (Lipinski definition) is 8. The number of rotatable bonds is 30. The van der Waals surface area contributed by atoms with Gasteiger partial charge in [0.25, 0.3) is 0 Å². The first-order valence-electron chi connectivity index (χ1n) is 17.1. The Morgan fingerprint density at radius 3 is 1.98 bits per heavy atom. The van der Waals surface area contributed by atoms with Crippen LogP contribution in [-0.4, -0.2) is 49.3 Å². The second-order valence-corrected chi connectivity index (χ2v) is 12.2. The van der Waals surface area contributed by atoms with Crippen LogP contribution in [0.1, 0.15) is 104 Å². The van der Waals surface area contributed by atoms with Gasteiger partial charge in [-0.25, -0.2) is 4.57 Å². The Hall–Kier alpha value is -2.81. The Balaban J connectivity index is 4.53. The molecular weight excluding hydrogens is 617 g/mol. The third-order valence-electron chi connectivity index (χ3n) is 6.41. The van der Waals surface area contributed by atoms with Crippen LogP contribution in [0, 0.1) is 0 Å². The van der Waals surface area contributed by atoms with Gasteiger partial charge in [-0.3, -0.25) is 18.6 Å². The van der Waals surface area contributed by atoms with Gasteiger partial charge >= 0.3 is 19.8 Å². The number of unbranched alkanes of at least 4 members (excludes halogenated alkanes) is 7. The molecule has 2 atom stereocenters. The molecule has 0 amide bonds. The minimum atomic E-state index is -4.40. The van der Waals surface area contributed by atoms with Crippen LogP contribution in [0.5, 0.6) is 0 Å². The zero-order valence-electron chi connectivity index (χ0n) is 28.7. The van der Waals surface area contributed by atoms with Gasteiger partial charge in [0, 0.05) is 19.4 Å². The largest absolute Gasteiger partial charge is 0.472 e. The first-order chi connectivity index (χ1) is 22.8. The molecule has 0 bridgehead atoms. The lowest BCUT2D eigenvalue weighted by molar-refractivity contribution is -0.161. The fourth-order valence-electron chi connectivity index (χ4n) is 3.89. The summed E-state index contributed by atoms with van der Waals surface area (Å²) < 4.78 is 32.4. The zero-order chi connectivity index (χ0) is 34.7.